The number of benzene rings is 2. The molecule has 0 radical (unpaired) electrons. The Bertz CT molecular complexity index is 611. The van der Waals surface area contributed by atoms with E-state index in [1.807, 2.05) is 38.1 Å². The summed E-state index contributed by atoms with van der Waals surface area (Å²) in [6.45, 7) is 3.95. The molecule has 106 valence electrons. The molecule has 0 aromatic heterocycles. The summed E-state index contributed by atoms with van der Waals surface area (Å²) < 4.78 is 33.3. The quantitative estimate of drug-likeness (QED) is 0.674. The predicted molar refractivity (Wildman–Crippen MR) is 78.9 cm³/mol. The molecule has 20 heavy (non-hydrogen) atoms. The lowest BCUT2D eigenvalue weighted by atomic mass is 10.0. The minimum atomic E-state index is -0.618. The number of hydrogen-bond donors (Lipinski definition) is 0. The monoisotopic (exact) mass is 340 g/mol. The first kappa shape index (κ1) is 15.0. The van der Waals surface area contributed by atoms with Gasteiger partial charge in [0.15, 0.2) is 0 Å². The first-order valence-corrected chi connectivity index (χ1v) is 7.14. The van der Waals surface area contributed by atoms with Crippen molar-refractivity contribution in [1.29, 1.82) is 0 Å². The molecular weight excluding hydrogens is 326 g/mol. The first-order valence-electron chi connectivity index (χ1n) is 6.34. The van der Waals surface area contributed by atoms with Crippen LogP contribution in [0.15, 0.2) is 40.9 Å². The zero-order chi connectivity index (χ0) is 14.7. The lowest BCUT2D eigenvalue weighted by Gasteiger charge is -2.14. The van der Waals surface area contributed by atoms with Gasteiger partial charge in [0.05, 0.1) is 10.0 Å². The summed E-state index contributed by atoms with van der Waals surface area (Å²) in [5.74, 6) is -0.288. The summed E-state index contributed by atoms with van der Waals surface area (Å²) in [4.78, 5) is 0. The van der Waals surface area contributed by atoms with Gasteiger partial charge in [-0.2, -0.15) is 0 Å². The molecule has 0 bridgehead atoms. The third-order valence-electron chi connectivity index (χ3n) is 3.05. The molecule has 0 atom stereocenters. The lowest BCUT2D eigenvalue weighted by Crippen LogP contribution is -2.04. The van der Waals surface area contributed by atoms with Crippen LogP contribution in [0.5, 0.6) is 5.75 Å². The molecule has 2 aromatic carbocycles. The van der Waals surface area contributed by atoms with E-state index in [-0.39, 0.29) is 22.6 Å². The van der Waals surface area contributed by atoms with Crippen molar-refractivity contribution >= 4 is 15.9 Å². The Morgan fingerprint density at radius 3 is 2.50 bits per heavy atom. The van der Waals surface area contributed by atoms with E-state index in [1.165, 1.54) is 12.1 Å². The van der Waals surface area contributed by atoms with E-state index in [4.69, 9.17) is 4.74 Å². The Hall–Kier alpha value is -1.42. The summed E-state index contributed by atoms with van der Waals surface area (Å²) in [6, 6.07) is 10.1. The molecule has 2 aromatic rings. The van der Waals surface area contributed by atoms with E-state index in [9.17, 15) is 8.78 Å². The van der Waals surface area contributed by atoms with Gasteiger partial charge in [0, 0.05) is 0 Å². The van der Waals surface area contributed by atoms with Crippen LogP contribution in [0.2, 0.25) is 0 Å². The Kier molecular flexibility index (Phi) is 4.76. The zero-order valence-corrected chi connectivity index (χ0v) is 12.9. The summed E-state index contributed by atoms with van der Waals surface area (Å²) >= 11 is 3.05. The maximum atomic E-state index is 13.9. The highest BCUT2D eigenvalue weighted by atomic mass is 79.9. The van der Waals surface area contributed by atoms with Gasteiger partial charge in [-0.05, 0) is 45.6 Å². The first-order chi connectivity index (χ1) is 9.50. The van der Waals surface area contributed by atoms with Crippen LogP contribution in [0, 0.1) is 11.6 Å². The summed E-state index contributed by atoms with van der Waals surface area (Å²) in [5.41, 5.74) is 0.946. The van der Waals surface area contributed by atoms with Gasteiger partial charge in [-0.25, -0.2) is 8.78 Å². The van der Waals surface area contributed by atoms with Gasteiger partial charge < -0.3 is 4.74 Å². The van der Waals surface area contributed by atoms with Gasteiger partial charge in [0.1, 0.15) is 24.0 Å². The largest absolute Gasteiger partial charge is 0.488 e. The second-order valence-corrected chi connectivity index (χ2v) is 5.66. The van der Waals surface area contributed by atoms with Crippen molar-refractivity contribution in [2.24, 2.45) is 0 Å². The predicted octanol–water partition coefficient (Wildman–Crippen LogP) is 5.43. The number of para-hydroxylation sites is 1. The van der Waals surface area contributed by atoms with Gasteiger partial charge in [0.25, 0.3) is 0 Å². The van der Waals surface area contributed by atoms with E-state index in [2.05, 4.69) is 15.9 Å². The minimum Gasteiger partial charge on any atom is -0.488 e. The third kappa shape index (κ3) is 3.18. The van der Waals surface area contributed by atoms with Crippen molar-refractivity contribution in [2.45, 2.75) is 26.4 Å². The standard InChI is InChI=1S/C16H15BrF2O/c1-10(2)11-5-3-4-6-15(11)20-9-12-14(18)8-7-13(17)16(12)19/h3-8,10H,9H2,1-2H3. The fourth-order valence-corrected chi connectivity index (χ4v) is 2.31. The third-order valence-corrected chi connectivity index (χ3v) is 3.66. The fourth-order valence-electron chi connectivity index (χ4n) is 1.94. The van der Waals surface area contributed by atoms with Gasteiger partial charge in [-0.15, -0.1) is 0 Å². The number of rotatable bonds is 4. The van der Waals surface area contributed by atoms with Crippen LogP contribution in [0.25, 0.3) is 0 Å². The van der Waals surface area contributed by atoms with Crippen molar-refractivity contribution in [1.82, 2.24) is 0 Å². The number of halogens is 3. The van der Waals surface area contributed by atoms with E-state index in [1.54, 1.807) is 0 Å². The van der Waals surface area contributed by atoms with Crippen molar-refractivity contribution in [3.63, 3.8) is 0 Å². The van der Waals surface area contributed by atoms with Crippen molar-refractivity contribution in [3.05, 3.63) is 63.6 Å². The molecule has 0 amide bonds. The Morgan fingerprint density at radius 1 is 1.10 bits per heavy atom. The van der Waals surface area contributed by atoms with Crippen LogP contribution in [0.3, 0.4) is 0 Å². The average molecular weight is 341 g/mol. The topological polar surface area (TPSA) is 9.23 Å². The van der Waals surface area contributed by atoms with Crippen LogP contribution in [0.4, 0.5) is 8.78 Å². The molecule has 1 nitrogen and oxygen atoms in total. The molecule has 0 heterocycles. The van der Waals surface area contributed by atoms with Gasteiger partial charge >= 0.3 is 0 Å². The second kappa shape index (κ2) is 6.35. The molecule has 0 unspecified atom stereocenters. The van der Waals surface area contributed by atoms with Gasteiger partial charge in [-0.1, -0.05) is 32.0 Å². The SMILES string of the molecule is CC(C)c1ccccc1OCc1c(F)ccc(Br)c1F. The normalized spacial score (nSPS) is 10.9. The lowest BCUT2D eigenvalue weighted by molar-refractivity contribution is 0.288. The molecule has 0 aliphatic heterocycles. The molecule has 4 heteroatoms. The highest BCUT2D eigenvalue weighted by Gasteiger charge is 2.14. The Labute approximate surface area is 125 Å². The molecule has 0 spiro atoms. The number of hydrogen-bond acceptors (Lipinski definition) is 1. The Morgan fingerprint density at radius 2 is 1.80 bits per heavy atom. The highest BCUT2D eigenvalue weighted by Crippen LogP contribution is 2.28. The average Bonchev–Trinajstić information content (AvgIpc) is 2.43. The van der Waals surface area contributed by atoms with Crippen LogP contribution in [0.1, 0.15) is 30.9 Å². The van der Waals surface area contributed by atoms with E-state index in [0.29, 0.717) is 5.75 Å². The summed E-state index contributed by atoms with van der Waals surface area (Å²) in [7, 11) is 0. The molecule has 2 rings (SSSR count). The van der Waals surface area contributed by atoms with Crippen LogP contribution in [-0.2, 0) is 6.61 Å². The molecule has 0 saturated heterocycles. The summed E-state index contributed by atoms with van der Waals surface area (Å²) in [5, 5.41) is 0. The smallest absolute Gasteiger partial charge is 0.146 e. The molecule has 0 aliphatic carbocycles. The van der Waals surface area contributed by atoms with Crippen molar-refractivity contribution in [3.8, 4) is 5.75 Å². The zero-order valence-electron chi connectivity index (χ0n) is 11.3. The van der Waals surface area contributed by atoms with Gasteiger partial charge in [0.2, 0.25) is 0 Å². The van der Waals surface area contributed by atoms with E-state index < -0.39 is 11.6 Å². The highest BCUT2D eigenvalue weighted by molar-refractivity contribution is 9.10. The minimum absolute atomic E-state index is 0.0714. The van der Waals surface area contributed by atoms with Crippen LogP contribution < -0.4 is 4.74 Å². The van der Waals surface area contributed by atoms with Crippen LogP contribution in [-0.4, -0.2) is 0 Å². The second-order valence-electron chi connectivity index (χ2n) is 4.80. The fraction of sp³-hybridized carbons (Fsp3) is 0.250. The molecular formula is C16H15BrF2O. The maximum Gasteiger partial charge on any atom is 0.146 e. The molecule has 0 saturated carbocycles. The van der Waals surface area contributed by atoms with E-state index >= 15 is 0 Å². The van der Waals surface area contributed by atoms with E-state index in [0.717, 1.165) is 5.56 Å². The maximum absolute atomic E-state index is 13.9. The van der Waals surface area contributed by atoms with Crippen LogP contribution >= 0.6 is 15.9 Å². The number of ether oxygens (including phenoxy) is 1. The Balaban J connectivity index is 2.24. The summed E-state index contributed by atoms with van der Waals surface area (Å²) in [6.07, 6.45) is 0. The molecule has 0 N–H and O–H groups in total. The molecule has 0 aliphatic rings. The van der Waals surface area contributed by atoms with Crippen molar-refractivity contribution < 1.29 is 13.5 Å². The molecule has 0 fully saturated rings. The van der Waals surface area contributed by atoms with Gasteiger partial charge in [-0.3, -0.25) is 0 Å². The van der Waals surface area contributed by atoms with Crippen molar-refractivity contribution in [2.75, 3.05) is 0 Å².